The van der Waals surface area contributed by atoms with Crippen LogP contribution in [0.4, 0.5) is 5.69 Å². The van der Waals surface area contributed by atoms with Gasteiger partial charge >= 0.3 is 0 Å². The van der Waals surface area contributed by atoms with Crippen molar-refractivity contribution in [2.75, 3.05) is 37.4 Å². The number of sulfonamides is 1. The molecule has 1 aliphatic heterocycles. The number of carbonyl (C=O) groups is 1. The van der Waals surface area contributed by atoms with Crippen LogP contribution in [0.15, 0.2) is 48.5 Å². The largest absolute Gasteiger partial charge is 0.486 e. The Labute approximate surface area is 164 Å². The fourth-order valence-corrected chi connectivity index (χ4v) is 3.04. The number of nitrogens with zero attached hydrogens (tertiary/aromatic N) is 1. The normalized spacial score (nSPS) is 15.6. The highest BCUT2D eigenvalue weighted by Gasteiger charge is 2.21. The van der Waals surface area contributed by atoms with Crippen LogP contribution in [0.1, 0.15) is 0 Å². The van der Waals surface area contributed by atoms with Crippen molar-refractivity contribution >= 4 is 21.6 Å². The van der Waals surface area contributed by atoms with Crippen LogP contribution in [0, 0.1) is 0 Å². The smallest absolute Gasteiger partial charge is 0.258 e. The number of nitrogens with one attached hydrogen (secondary N) is 1. The van der Waals surface area contributed by atoms with Crippen LogP contribution in [-0.2, 0) is 14.8 Å². The zero-order valence-corrected chi connectivity index (χ0v) is 16.4. The Morgan fingerprint density at radius 3 is 2.54 bits per heavy atom. The SMILES string of the molecule is CN(c1ccc(OCC(=O)NCC2COc3ccccc3O2)cc1)S(C)(=O)=O. The minimum absolute atomic E-state index is 0.161. The van der Waals surface area contributed by atoms with Crippen molar-refractivity contribution in [3.63, 3.8) is 0 Å². The van der Waals surface area contributed by atoms with E-state index in [-0.39, 0.29) is 18.6 Å². The van der Waals surface area contributed by atoms with Gasteiger partial charge in [-0.1, -0.05) is 12.1 Å². The van der Waals surface area contributed by atoms with Crippen LogP contribution < -0.4 is 23.8 Å². The van der Waals surface area contributed by atoms with Crippen molar-refractivity contribution in [1.82, 2.24) is 5.32 Å². The van der Waals surface area contributed by atoms with Gasteiger partial charge in [-0.3, -0.25) is 9.10 Å². The molecule has 0 radical (unpaired) electrons. The molecule has 0 fully saturated rings. The molecule has 9 heteroatoms. The summed E-state index contributed by atoms with van der Waals surface area (Å²) in [5, 5.41) is 2.75. The molecule has 8 nitrogen and oxygen atoms in total. The molecule has 1 unspecified atom stereocenters. The minimum atomic E-state index is -3.32. The molecular formula is C19H22N2O6S. The molecule has 2 aromatic carbocycles. The van der Waals surface area contributed by atoms with Crippen LogP contribution in [-0.4, -0.2) is 53.5 Å². The van der Waals surface area contributed by atoms with E-state index >= 15 is 0 Å². The molecule has 1 aliphatic rings. The third-order valence-corrected chi connectivity index (χ3v) is 5.37. The van der Waals surface area contributed by atoms with Gasteiger partial charge in [0.2, 0.25) is 10.0 Å². The monoisotopic (exact) mass is 406 g/mol. The van der Waals surface area contributed by atoms with Crippen molar-refractivity contribution in [1.29, 1.82) is 0 Å². The second-order valence-electron chi connectivity index (χ2n) is 6.31. The van der Waals surface area contributed by atoms with Gasteiger partial charge in [0.05, 0.1) is 18.5 Å². The van der Waals surface area contributed by atoms with Crippen molar-refractivity contribution in [3.05, 3.63) is 48.5 Å². The summed E-state index contributed by atoms with van der Waals surface area (Å²) in [6.45, 7) is 0.494. The van der Waals surface area contributed by atoms with Gasteiger partial charge in [0.25, 0.3) is 5.91 Å². The molecule has 0 saturated carbocycles. The van der Waals surface area contributed by atoms with Crippen molar-refractivity contribution in [2.45, 2.75) is 6.10 Å². The van der Waals surface area contributed by atoms with E-state index in [0.29, 0.717) is 36.1 Å². The molecule has 0 saturated heterocycles. The maximum Gasteiger partial charge on any atom is 0.258 e. The lowest BCUT2D eigenvalue weighted by molar-refractivity contribution is -0.123. The molecule has 150 valence electrons. The number of fused-ring (bicyclic) bond motifs is 1. The third kappa shape index (κ3) is 5.07. The van der Waals surface area contributed by atoms with Crippen LogP contribution in [0.5, 0.6) is 17.2 Å². The zero-order valence-electron chi connectivity index (χ0n) is 15.6. The predicted molar refractivity (Wildman–Crippen MR) is 105 cm³/mol. The van der Waals surface area contributed by atoms with E-state index in [1.54, 1.807) is 24.3 Å². The van der Waals surface area contributed by atoms with Crippen molar-refractivity contribution in [2.24, 2.45) is 0 Å². The summed E-state index contributed by atoms with van der Waals surface area (Å²) in [7, 11) is -1.86. The fraction of sp³-hybridized carbons (Fsp3) is 0.316. The van der Waals surface area contributed by atoms with Gasteiger partial charge in [-0.25, -0.2) is 8.42 Å². The highest BCUT2D eigenvalue weighted by Crippen LogP contribution is 2.30. The van der Waals surface area contributed by atoms with E-state index in [2.05, 4.69) is 5.32 Å². The number of amides is 1. The second-order valence-corrected chi connectivity index (χ2v) is 8.33. The molecule has 3 rings (SSSR count). The first-order valence-corrected chi connectivity index (χ1v) is 10.5. The van der Waals surface area contributed by atoms with Crippen LogP contribution >= 0.6 is 0 Å². The standard InChI is InChI=1S/C19H22N2O6S/c1-21(28(2,23)24)14-7-9-15(10-8-14)25-13-19(22)20-11-16-12-26-17-5-3-4-6-18(17)27-16/h3-10,16H,11-13H2,1-2H3,(H,20,22). The second kappa shape index (κ2) is 8.39. The summed E-state index contributed by atoms with van der Waals surface area (Å²) in [6, 6.07) is 13.8. The van der Waals surface area contributed by atoms with Crippen LogP contribution in [0.25, 0.3) is 0 Å². The van der Waals surface area contributed by atoms with E-state index in [1.807, 2.05) is 24.3 Å². The highest BCUT2D eigenvalue weighted by molar-refractivity contribution is 7.92. The Morgan fingerprint density at radius 2 is 1.86 bits per heavy atom. The minimum Gasteiger partial charge on any atom is -0.486 e. The number of anilines is 1. The van der Waals surface area contributed by atoms with Gasteiger partial charge in [0.15, 0.2) is 18.1 Å². The van der Waals surface area contributed by atoms with Gasteiger partial charge in [-0.05, 0) is 36.4 Å². The lowest BCUT2D eigenvalue weighted by atomic mass is 10.2. The quantitative estimate of drug-likeness (QED) is 0.747. The number of hydrogen-bond acceptors (Lipinski definition) is 6. The number of hydrogen-bond donors (Lipinski definition) is 1. The van der Waals surface area contributed by atoms with E-state index in [9.17, 15) is 13.2 Å². The molecule has 1 N–H and O–H groups in total. The molecule has 1 atom stereocenters. The predicted octanol–water partition coefficient (Wildman–Crippen LogP) is 1.42. The van der Waals surface area contributed by atoms with E-state index in [1.165, 1.54) is 7.05 Å². The topological polar surface area (TPSA) is 94.2 Å². The lowest BCUT2D eigenvalue weighted by Gasteiger charge is -2.26. The zero-order chi connectivity index (χ0) is 20.1. The summed E-state index contributed by atoms with van der Waals surface area (Å²) >= 11 is 0. The van der Waals surface area contributed by atoms with Gasteiger partial charge < -0.3 is 19.5 Å². The van der Waals surface area contributed by atoms with E-state index in [0.717, 1.165) is 10.6 Å². The Balaban J connectivity index is 1.44. The van der Waals surface area contributed by atoms with Crippen LogP contribution in [0.2, 0.25) is 0 Å². The molecular weight excluding hydrogens is 384 g/mol. The summed E-state index contributed by atoms with van der Waals surface area (Å²) in [4.78, 5) is 12.0. The summed E-state index contributed by atoms with van der Waals surface area (Å²) in [5.41, 5.74) is 0.508. The van der Waals surface area contributed by atoms with E-state index in [4.69, 9.17) is 14.2 Å². The first kappa shape index (κ1) is 19.8. The first-order chi connectivity index (χ1) is 13.3. The molecule has 0 aliphatic carbocycles. The Morgan fingerprint density at radius 1 is 1.18 bits per heavy atom. The Kier molecular flexibility index (Phi) is 5.93. The van der Waals surface area contributed by atoms with Gasteiger partial charge in [0.1, 0.15) is 18.5 Å². The van der Waals surface area contributed by atoms with E-state index < -0.39 is 10.0 Å². The molecule has 1 heterocycles. The maximum absolute atomic E-state index is 12.0. The van der Waals surface area contributed by atoms with Gasteiger partial charge in [-0.2, -0.15) is 0 Å². The average Bonchev–Trinajstić information content (AvgIpc) is 2.69. The molecule has 0 aromatic heterocycles. The molecule has 28 heavy (non-hydrogen) atoms. The molecule has 0 spiro atoms. The number of ether oxygens (including phenoxy) is 3. The Hall–Kier alpha value is -2.94. The number of carbonyl (C=O) groups excluding carboxylic acids is 1. The summed E-state index contributed by atoms with van der Waals surface area (Å²) < 4.78 is 41.0. The first-order valence-electron chi connectivity index (χ1n) is 8.65. The number of benzene rings is 2. The summed E-state index contributed by atoms with van der Waals surface area (Å²) in [5.74, 6) is 1.52. The van der Waals surface area contributed by atoms with Crippen LogP contribution in [0.3, 0.4) is 0 Å². The number of rotatable bonds is 7. The number of para-hydroxylation sites is 2. The average molecular weight is 406 g/mol. The molecule has 2 aromatic rings. The Bertz CT molecular complexity index is 930. The molecule has 1 amide bonds. The lowest BCUT2D eigenvalue weighted by Crippen LogP contribution is -2.42. The fourth-order valence-electron chi connectivity index (χ4n) is 2.54. The van der Waals surface area contributed by atoms with Gasteiger partial charge in [-0.15, -0.1) is 0 Å². The highest BCUT2D eigenvalue weighted by atomic mass is 32.2. The maximum atomic E-state index is 12.0. The molecule has 0 bridgehead atoms. The van der Waals surface area contributed by atoms with Gasteiger partial charge in [0, 0.05) is 7.05 Å². The third-order valence-electron chi connectivity index (χ3n) is 4.16. The van der Waals surface area contributed by atoms with Crippen molar-refractivity contribution < 1.29 is 27.4 Å². The van der Waals surface area contributed by atoms with Crippen molar-refractivity contribution in [3.8, 4) is 17.2 Å². The summed E-state index contributed by atoms with van der Waals surface area (Å²) in [6.07, 6.45) is 0.853.